The van der Waals surface area contributed by atoms with Crippen molar-refractivity contribution in [2.75, 3.05) is 19.8 Å². The first-order chi connectivity index (χ1) is 15.3. The van der Waals surface area contributed by atoms with Crippen LogP contribution >= 0.6 is 0 Å². The Bertz CT molecular complexity index is 1180. The van der Waals surface area contributed by atoms with Crippen molar-refractivity contribution >= 4 is 11.4 Å². The Morgan fingerprint density at radius 1 is 1.13 bits per heavy atom. The van der Waals surface area contributed by atoms with Crippen molar-refractivity contribution in [3.05, 3.63) is 78.6 Å². The molecular formula is C24H25N5O2. The molecule has 0 aliphatic carbocycles. The number of amides is 1. The first kappa shape index (κ1) is 19.5. The van der Waals surface area contributed by atoms with Gasteiger partial charge < -0.3 is 14.6 Å². The van der Waals surface area contributed by atoms with Gasteiger partial charge in [0.05, 0.1) is 5.52 Å². The van der Waals surface area contributed by atoms with E-state index in [4.69, 9.17) is 9.72 Å². The van der Waals surface area contributed by atoms with Crippen LogP contribution in [0.25, 0.3) is 16.9 Å². The molecule has 1 amide bonds. The molecule has 5 heterocycles. The quantitative estimate of drug-likeness (QED) is 0.524. The summed E-state index contributed by atoms with van der Waals surface area (Å²) >= 11 is 0. The molecule has 1 saturated heterocycles. The summed E-state index contributed by atoms with van der Waals surface area (Å²) in [5.74, 6) is 1.10. The number of imidazole rings is 1. The van der Waals surface area contributed by atoms with Crippen molar-refractivity contribution in [1.82, 2.24) is 24.3 Å². The Morgan fingerprint density at radius 3 is 2.87 bits per heavy atom. The number of rotatable bonds is 6. The van der Waals surface area contributed by atoms with Gasteiger partial charge >= 0.3 is 0 Å². The fraction of sp³-hybridized carbons (Fsp3) is 0.292. The average Bonchev–Trinajstić information content (AvgIpc) is 3.43. The van der Waals surface area contributed by atoms with E-state index in [0.717, 1.165) is 55.1 Å². The zero-order chi connectivity index (χ0) is 21.0. The maximum atomic E-state index is 13.0. The number of carbonyl (C=O) groups is 1. The van der Waals surface area contributed by atoms with Gasteiger partial charge in [0.15, 0.2) is 5.69 Å². The molecule has 0 atom stereocenters. The van der Waals surface area contributed by atoms with E-state index in [9.17, 15) is 4.79 Å². The summed E-state index contributed by atoms with van der Waals surface area (Å²) in [7, 11) is 0. The lowest BCUT2D eigenvalue weighted by atomic mass is 10.0. The lowest BCUT2D eigenvalue weighted by molar-refractivity contribution is 0.0642. The summed E-state index contributed by atoms with van der Waals surface area (Å²) in [5, 5.41) is 3.08. The largest absolute Gasteiger partial charge is 0.381 e. The van der Waals surface area contributed by atoms with E-state index < -0.39 is 0 Å². The summed E-state index contributed by atoms with van der Waals surface area (Å²) in [6.45, 7) is 2.93. The molecule has 5 rings (SSSR count). The van der Waals surface area contributed by atoms with Crippen LogP contribution in [0.5, 0.6) is 0 Å². The summed E-state index contributed by atoms with van der Waals surface area (Å²) in [4.78, 5) is 21.9. The van der Waals surface area contributed by atoms with Gasteiger partial charge in [-0.05, 0) is 48.6 Å². The second kappa shape index (κ2) is 8.73. The minimum atomic E-state index is -0.128. The van der Waals surface area contributed by atoms with E-state index in [1.54, 1.807) is 6.20 Å². The maximum absolute atomic E-state index is 13.0. The zero-order valence-electron chi connectivity index (χ0n) is 17.3. The van der Waals surface area contributed by atoms with Crippen LogP contribution in [0.15, 0.2) is 67.4 Å². The van der Waals surface area contributed by atoms with Gasteiger partial charge in [0.2, 0.25) is 0 Å². The Hall–Kier alpha value is -3.45. The van der Waals surface area contributed by atoms with Crippen LogP contribution in [-0.4, -0.2) is 44.6 Å². The molecule has 31 heavy (non-hydrogen) atoms. The second-order valence-corrected chi connectivity index (χ2v) is 7.94. The molecule has 0 unspecified atom stereocenters. The number of pyridine rings is 2. The van der Waals surface area contributed by atoms with Gasteiger partial charge in [0, 0.05) is 62.9 Å². The lowest BCUT2D eigenvalue weighted by Gasteiger charge is -2.21. The predicted molar refractivity (Wildman–Crippen MR) is 118 cm³/mol. The third-order valence-electron chi connectivity index (χ3n) is 5.75. The Kier molecular flexibility index (Phi) is 5.50. The average molecular weight is 415 g/mol. The van der Waals surface area contributed by atoms with E-state index >= 15 is 0 Å². The molecule has 0 saturated carbocycles. The van der Waals surface area contributed by atoms with Crippen molar-refractivity contribution in [3.63, 3.8) is 0 Å². The smallest absolute Gasteiger partial charge is 0.272 e. The Balaban J connectivity index is 1.39. The number of ether oxygens (including phenoxy) is 1. The minimum Gasteiger partial charge on any atom is -0.381 e. The number of carbonyl (C=O) groups excluding carboxylic acids is 1. The fourth-order valence-corrected chi connectivity index (χ4v) is 4.05. The second-order valence-electron chi connectivity index (χ2n) is 7.94. The first-order valence-electron chi connectivity index (χ1n) is 10.7. The van der Waals surface area contributed by atoms with E-state index in [0.29, 0.717) is 18.2 Å². The minimum absolute atomic E-state index is 0.128. The van der Waals surface area contributed by atoms with Crippen molar-refractivity contribution in [1.29, 1.82) is 0 Å². The number of nitrogens with one attached hydrogen (secondary N) is 1. The molecule has 7 nitrogen and oxygen atoms in total. The summed E-state index contributed by atoms with van der Waals surface area (Å²) in [6, 6.07) is 11.8. The predicted octanol–water partition coefficient (Wildman–Crippen LogP) is 3.40. The Labute approximate surface area is 180 Å². The first-order valence-corrected chi connectivity index (χ1v) is 10.7. The van der Waals surface area contributed by atoms with Crippen LogP contribution in [0.3, 0.4) is 0 Å². The molecular weight excluding hydrogens is 390 g/mol. The zero-order valence-corrected chi connectivity index (χ0v) is 17.3. The number of fused-ring (bicyclic) bond motifs is 1. The van der Waals surface area contributed by atoms with Crippen molar-refractivity contribution in [3.8, 4) is 11.4 Å². The third-order valence-corrected chi connectivity index (χ3v) is 5.75. The molecule has 0 aromatic carbocycles. The van der Waals surface area contributed by atoms with Gasteiger partial charge in [0.25, 0.3) is 5.91 Å². The standard InChI is InChI=1S/C24H25N5O2/c30-24(26-15-18-7-12-31-13-8-18)22-21-5-1-2-10-29(21)23(27-22)20-6-11-28(17-20)16-19-4-3-9-25-14-19/h1-6,9-11,14,17-18H,7-8,12-13,15-16H2,(H,26,30). The van der Waals surface area contributed by atoms with Gasteiger partial charge in [-0.1, -0.05) is 12.1 Å². The molecule has 1 fully saturated rings. The van der Waals surface area contributed by atoms with Crippen LogP contribution in [-0.2, 0) is 11.3 Å². The monoisotopic (exact) mass is 415 g/mol. The highest BCUT2D eigenvalue weighted by molar-refractivity contribution is 6.00. The van der Waals surface area contributed by atoms with E-state index in [2.05, 4.69) is 27.1 Å². The van der Waals surface area contributed by atoms with Gasteiger partial charge in [0.1, 0.15) is 5.82 Å². The highest BCUT2D eigenvalue weighted by atomic mass is 16.5. The Morgan fingerprint density at radius 2 is 2.03 bits per heavy atom. The summed E-state index contributed by atoms with van der Waals surface area (Å²) < 4.78 is 9.48. The third kappa shape index (κ3) is 4.22. The van der Waals surface area contributed by atoms with Crippen LogP contribution < -0.4 is 5.32 Å². The van der Waals surface area contributed by atoms with Crippen molar-refractivity contribution < 1.29 is 9.53 Å². The topological polar surface area (TPSA) is 73.4 Å². The lowest BCUT2D eigenvalue weighted by Crippen LogP contribution is -2.32. The SMILES string of the molecule is O=C(NCC1CCOCC1)c1nc(-c2ccn(Cc3cccnc3)c2)n2ccccc12. The fourth-order valence-electron chi connectivity index (χ4n) is 4.05. The molecule has 0 spiro atoms. The molecule has 1 N–H and O–H groups in total. The summed E-state index contributed by atoms with van der Waals surface area (Å²) in [5.41, 5.74) is 3.36. The van der Waals surface area contributed by atoms with E-state index in [1.807, 2.05) is 53.3 Å². The van der Waals surface area contributed by atoms with Gasteiger partial charge in [-0.15, -0.1) is 0 Å². The summed E-state index contributed by atoms with van der Waals surface area (Å²) in [6.07, 6.45) is 11.6. The van der Waals surface area contributed by atoms with Gasteiger partial charge in [-0.3, -0.25) is 14.2 Å². The molecule has 4 aromatic rings. The van der Waals surface area contributed by atoms with Crippen LogP contribution in [0.4, 0.5) is 0 Å². The van der Waals surface area contributed by atoms with E-state index in [1.165, 1.54) is 0 Å². The molecule has 0 radical (unpaired) electrons. The van der Waals surface area contributed by atoms with Crippen LogP contribution in [0.2, 0.25) is 0 Å². The maximum Gasteiger partial charge on any atom is 0.272 e. The number of hydrogen-bond acceptors (Lipinski definition) is 4. The number of aromatic nitrogens is 4. The normalized spacial score (nSPS) is 14.7. The van der Waals surface area contributed by atoms with Gasteiger partial charge in [-0.2, -0.15) is 0 Å². The highest BCUT2D eigenvalue weighted by Gasteiger charge is 2.20. The van der Waals surface area contributed by atoms with Crippen LogP contribution in [0, 0.1) is 5.92 Å². The molecule has 1 aliphatic heterocycles. The molecule has 1 aliphatic rings. The van der Waals surface area contributed by atoms with Crippen molar-refractivity contribution in [2.24, 2.45) is 5.92 Å². The van der Waals surface area contributed by atoms with Gasteiger partial charge in [-0.25, -0.2) is 4.98 Å². The molecule has 0 bridgehead atoms. The molecule has 4 aromatic heterocycles. The highest BCUT2D eigenvalue weighted by Crippen LogP contribution is 2.24. The van der Waals surface area contributed by atoms with Crippen molar-refractivity contribution in [2.45, 2.75) is 19.4 Å². The van der Waals surface area contributed by atoms with E-state index in [-0.39, 0.29) is 5.91 Å². The number of nitrogens with zero attached hydrogens (tertiary/aromatic N) is 4. The molecule has 158 valence electrons. The van der Waals surface area contributed by atoms with Crippen LogP contribution in [0.1, 0.15) is 28.9 Å². The molecule has 7 heteroatoms. The number of hydrogen-bond donors (Lipinski definition) is 1.